The summed E-state index contributed by atoms with van der Waals surface area (Å²) in [6.45, 7) is 0.315. The Labute approximate surface area is 117 Å². The van der Waals surface area contributed by atoms with Gasteiger partial charge in [-0.25, -0.2) is 4.98 Å². The molecule has 0 spiro atoms. The van der Waals surface area contributed by atoms with Crippen LogP contribution in [0.25, 0.3) is 6.08 Å². The second-order valence-electron chi connectivity index (χ2n) is 4.90. The molecule has 0 bridgehead atoms. The number of amides is 1. The molecule has 102 valence electrons. The van der Waals surface area contributed by atoms with Gasteiger partial charge in [0.05, 0.1) is 5.60 Å². The minimum atomic E-state index is -0.717. The van der Waals surface area contributed by atoms with Crippen LogP contribution in [0.1, 0.15) is 31.2 Å². The van der Waals surface area contributed by atoms with Crippen molar-refractivity contribution in [3.63, 3.8) is 0 Å². The first-order chi connectivity index (χ1) is 9.07. The standard InChI is InChI=1S/C14H17ClN2O2/c15-12-5-3-11(9-16-12)4-6-13(18)17-10-14(19)7-1-2-8-14/h3-6,9,19H,1-2,7-8,10H2,(H,17,18)/b6-4+. The van der Waals surface area contributed by atoms with Crippen LogP contribution in [0.15, 0.2) is 24.4 Å². The molecule has 2 N–H and O–H groups in total. The molecule has 1 saturated carbocycles. The molecule has 1 amide bonds. The van der Waals surface area contributed by atoms with Gasteiger partial charge in [-0.1, -0.05) is 30.5 Å². The van der Waals surface area contributed by atoms with Gasteiger partial charge in [-0.3, -0.25) is 4.79 Å². The van der Waals surface area contributed by atoms with Crippen LogP contribution in [0, 0.1) is 0 Å². The number of nitrogens with one attached hydrogen (secondary N) is 1. The number of halogens is 1. The van der Waals surface area contributed by atoms with Crippen LogP contribution in [0.2, 0.25) is 5.15 Å². The number of carbonyl (C=O) groups excluding carboxylic acids is 1. The highest BCUT2D eigenvalue weighted by molar-refractivity contribution is 6.29. The quantitative estimate of drug-likeness (QED) is 0.656. The Kier molecular flexibility index (Phi) is 4.56. The van der Waals surface area contributed by atoms with E-state index in [1.165, 1.54) is 6.08 Å². The third-order valence-corrected chi connectivity index (χ3v) is 3.53. The van der Waals surface area contributed by atoms with Crippen molar-refractivity contribution in [1.29, 1.82) is 0 Å². The molecule has 1 fully saturated rings. The highest BCUT2D eigenvalue weighted by Crippen LogP contribution is 2.28. The number of rotatable bonds is 4. The Bertz CT molecular complexity index is 465. The number of hydrogen-bond acceptors (Lipinski definition) is 3. The predicted octanol–water partition coefficient (Wildman–Crippen LogP) is 2.17. The average molecular weight is 281 g/mol. The van der Waals surface area contributed by atoms with Crippen LogP contribution in [0.4, 0.5) is 0 Å². The summed E-state index contributed by atoms with van der Waals surface area (Å²) in [4.78, 5) is 15.5. The van der Waals surface area contributed by atoms with Crippen molar-refractivity contribution in [2.24, 2.45) is 0 Å². The average Bonchev–Trinajstić information content (AvgIpc) is 2.83. The minimum absolute atomic E-state index is 0.213. The largest absolute Gasteiger partial charge is 0.388 e. The maximum Gasteiger partial charge on any atom is 0.244 e. The van der Waals surface area contributed by atoms with E-state index < -0.39 is 5.60 Å². The van der Waals surface area contributed by atoms with Crippen LogP contribution in [0.3, 0.4) is 0 Å². The van der Waals surface area contributed by atoms with Gasteiger partial charge in [-0.05, 0) is 30.5 Å². The second-order valence-corrected chi connectivity index (χ2v) is 5.28. The van der Waals surface area contributed by atoms with Gasteiger partial charge in [-0.15, -0.1) is 0 Å². The highest BCUT2D eigenvalue weighted by Gasteiger charge is 2.30. The normalized spacial score (nSPS) is 17.8. The third kappa shape index (κ3) is 4.33. The number of carbonyl (C=O) groups is 1. The van der Waals surface area contributed by atoms with E-state index in [2.05, 4.69) is 10.3 Å². The molecule has 0 atom stereocenters. The van der Waals surface area contributed by atoms with Gasteiger partial charge in [0.1, 0.15) is 5.15 Å². The van der Waals surface area contributed by atoms with Crippen molar-refractivity contribution < 1.29 is 9.90 Å². The molecule has 0 aliphatic heterocycles. The van der Waals surface area contributed by atoms with E-state index in [0.717, 1.165) is 31.2 Å². The fourth-order valence-electron chi connectivity index (χ4n) is 2.18. The summed E-state index contributed by atoms with van der Waals surface area (Å²) in [7, 11) is 0. The Hall–Kier alpha value is -1.39. The van der Waals surface area contributed by atoms with Crippen LogP contribution >= 0.6 is 11.6 Å². The van der Waals surface area contributed by atoms with Gasteiger partial charge in [-0.2, -0.15) is 0 Å². The van der Waals surface area contributed by atoms with Gasteiger partial charge in [0.25, 0.3) is 0 Å². The Morgan fingerprint density at radius 1 is 1.47 bits per heavy atom. The van der Waals surface area contributed by atoms with Crippen molar-refractivity contribution in [3.8, 4) is 0 Å². The van der Waals surface area contributed by atoms with Crippen molar-refractivity contribution >= 4 is 23.6 Å². The first-order valence-corrected chi connectivity index (χ1v) is 6.75. The summed E-state index contributed by atoms with van der Waals surface area (Å²) in [5.74, 6) is -0.213. The van der Waals surface area contributed by atoms with Crippen molar-refractivity contribution in [2.75, 3.05) is 6.54 Å². The van der Waals surface area contributed by atoms with Crippen molar-refractivity contribution in [1.82, 2.24) is 10.3 Å². The number of nitrogens with zero attached hydrogens (tertiary/aromatic N) is 1. The molecular formula is C14H17ClN2O2. The fraction of sp³-hybridized carbons (Fsp3) is 0.429. The summed E-state index contributed by atoms with van der Waals surface area (Å²) in [6.07, 6.45) is 8.27. The molecule has 0 saturated heterocycles. The molecule has 2 rings (SSSR count). The molecule has 5 heteroatoms. The lowest BCUT2D eigenvalue weighted by Crippen LogP contribution is -2.40. The number of aromatic nitrogens is 1. The highest BCUT2D eigenvalue weighted by atomic mass is 35.5. The first-order valence-electron chi connectivity index (χ1n) is 6.37. The molecule has 1 aliphatic carbocycles. The van der Waals surface area contributed by atoms with Gasteiger partial charge in [0.2, 0.25) is 5.91 Å². The third-order valence-electron chi connectivity index (χ3n) is 3.30. The summed E-state index contributed by atoms with van der Waals surface area (Å²) < 4.78 is 0. The summed E-state index contributed by atoms with van der Waals surface area (Å²) in [6, 6.07) is 3.45. The number of pyridine rings is 1. The SMILES string of the molecule is O=C(/C=C/c1ccc(Cl)nc1)NCC1(O)CCCC1. The van der Waals surface area contributed by atoms with Crippen LogP contribution in [-0.2, 0) is 4.79 Å². The summed E-state index contributed by atoms with van der Waals surface area (Å²) in [5.41, 5.74) is 0.0878. The summed E-state index contributed by atoms with van der Waals surface area (Å²) >= 11 is 5.67. The van der Waals surface area contributed by atoms with Crippen molar-refractivity contribution in [3.05, 3.63) is 35.1 Å². The van der Waals surface area contributed by atoms with E-state index in [9.17, 15) is 9.90 Å². The van der Waals surface area contributed by atoms with E-state index in [1.54, 1.807) is 24.4 Å². The number of hydrogen-bond donors (Lipinski definition) is 2. The van der Waals surface area contributed by atoms with E-state index in [-0.39, 0.29) is 5.91 Å². The van der Waals surface area contributed by atoms with Gasteiger partial charge in [0, 0.05) is 18.8 Å². The maximum atomic E-state index is 11.6. The molecule has 1 aromatic rings. The Balaban J connectivity index is 1.82. The van der Waals surface area contributed by atoms with Crippen LogP contribution in [-0.4, -0.2) is 28.1 Å². The molecule has 0 radical (unpaired) electrons. The molecule has 0 unspecified atom stereocenters. The molecule has 1 aromatic heterocycles. The van der Waals surface area contributed by atoms with Gasteiger partial charge >= 0.3 is 0 Å². The zero-order chi connectivity index (χ0) is 13.7. The summed E-state index contributed by atoms with van der Waals surface area (Å²) in [5, 5.41) is 13.2. The van der Waals surface area contributed by atoms with Crippen LogP contribution in [0.5, 0.6) is 0 Å². The predicted molar refractivity (Wildman–Crippen MR) is 74.7 cm³/mol. The Morgan fingerprint density at radius 3 is 2.84 bits per heavy atom. The molecule has 4 nitrogen and oxygen atoms in total. The lowest BCUT2D eigenvalue weighted by atomic mass is 10.0. The van der Waals surface area contributed by atoms with E-state index in [0.29, 0.717) is 11.7 Å². The first kappa shape index (κ1) is 14.0. The zero-order valence-electron chi connectivity index (χ0n) is 10.6. The molecule has 19 heavy (non-hydrogen) atoms. The molecular weight excluding hydrogens is 264 g/mol. The second kappa shape index (κ2) is 6.17. The lowest BCUT2D eigenvalue weighted by Gasteiger charge is -2.21. The number of aliphatic hydroxyl groups is 1. The lowest BCUT2D eigenvalue weighted by molar-refractivity contribution is -0.117. The maximum absolute atomic E-state index is 11.6. The molecule has 0 aromatic carbocycles. The zero-order valence-corrected chi connectivity index (χ0v) is 11.4. The molecule has 1 heterocycles. The minimum Gasteiger partial charge on any atom is -0.388 e. The van der Waals surface area contributed by atoms with E-state index in [1.807, 2.05) is 0 Å². The van der Waals surface area contributed by atoms with E-state index in [4.69, 9.17) is 11.6 Å². The van der Waals surface area contributed by atoms with Gasteiger partial charge < -0.3 is 10.4 Å². The van der Waals surface area contributed by atoms with Crippen molar-refractivity contribution in [2.45, 2.75) is 31.3 Å². The molecule has 1 aliphatic rings. The van der Waals surface area contributed by atoms with E-state index >= 15 is 0 Å². The topological polar surface area (TPSA) is 62.2 Å². The Morgan fingerprint density at radius 2 is 2.21 bits per heavy atom. The van der Waals surface area contributed by atoms with Gasteiger partial charge in [0.15, 0.2) is 0 Å². The fourth-order valence-corrected chi connectivity index (χ4v) is 2.29. The van der Waals surface area contributed by atoms with Crippen LogP contribution < -0.4 is 5.32 Å². The monoisotopic (exact) mass is 280 g/mol. The smallest absolute Gasteiger partial charge is 0.244 e.